The predicted octanol–water partition coefficient (Wildman–Crippen LogP) is 2.12. The number of hydrogen-bond donors (Lipinski definition) is 0. The van der Waals surface area contributed by atoms with E-state index in [1.807, 2.05) is 7.05 Å². The van der Waals surface area contributed by atoms with E-state index in [2.05, 4.69) is 41.6 Å². The maximum atomic E-state index is 11.4. The quantitative estimate of drug-likeness (QED) is 0.669. The topological polar surface area (TPSA) is 20.3 Å². The second kappa shape index (κ2) is 2.97. The van der Waals surface area contributed by atoms with E-state index in [1.54, 1.807) is 4.90 Å². The first-order valence-electron chi connectivity index (χ1n) is 4.15. The number of benzene rings is 1. The summed E-state index contributed by atoms with van der Waals surface area (Å²) >= 11 is 2.28. The van der Waals surface area contributed by atoms with Gasteiger partial charge < -0.3 is 4.90 Å². The van der Waals surface area contributed by atoms with E-state index in [9.17, 15) is 4.79 Å². The summed E-state index contributed by atoms with van der Waals surface area (Å²) in [6.45, 7) is 2.05. The molecule has 1 amide bonds. The van der Waals surface area contributed by atoms with Gasteiger partial charge >= 0.3 is 0 Å². The summed E-state index contributed by atoms with van der Waals surface area (Å²) in [4.78, 5) is 13.2. The number of nitrogens with zero attached hydrogens (tertiary/aromatic N) is 1. The van der Waals surface area contributed by atoms with Gasteiger partial charge in [0.2, 0.25) is 5.91 Å². The molecule has 0 spiro atoms. The van der Waals surface area contributed by atoms with Crippen molar-refractivity contribution in [3.8, 4) is 0 Å². The van der Waals surface area contributed by atoms with Gasteiger partial charge in [-0.05, 0) is 52.8 Å². The number of halogens is 1. The zero-order chi connectivity index (χ0) is 9.59. The molecule has 1 aromatic rings. The van der Waals surface area contributed by atoms with E-state index in [0.717, 1.165) is 11.3 Å². The molecule has 0 unspecified atom stereocenters. The summed E-state index contributed by atoms with van der Waals surface area (Å²) in [6, 6.07) is 4.19. The van der Waals surface area contributed by atoms with E-state index in [4.69, 9.17) is 0 Å². The molecule has 0 fully saturated rings. The van der Waals surface area contributed by atoms with Crippen LogP contribution in [0.15, 0.2) is 12.1 Å². The summed E-state index contributed by atoms with van der Waals surface area (Å²) in [5.41, 5.74) is 3.46. The Hall–Kier alpha value is -0.580. The molecule has 0 bridgehead atoms. The van der Waals surface area contributed by atoms with Crippen molar-refractivity contribution in [1.82, 2.24) is 0 Å². The highest BCUT2D eigenvalue weighted by molar-refractivity contribution is 14.1. The largest absolute Gasteiger partial charge is 0.315 e. The summed E-state index contributed by atoms with van der Waals surface area (Å²) in [5.74, 6) is 0.195. The van der Waals surface area contributed by atoms with Crippen molar-refractivity contribution in [2.45, 2.75) is 13.3 Å². The van der Waals surface area contributed by atoms with Crippen LogP contribution in [0.2, 0.25) is 0 Å². The van der Waals surface area contributed by atoms with Crippen LogP contribution in [0, 0.1) is 10.5 Å². The van der Waals surface area contributed by atoms with Crippen LogP contribution in [0.4, 0.5) is 5.69 Å². The lowest BCUT2D eigenvalue weighted by molar-refractivity contribution is -0.117. The van der Waals surface area contributed by atoms with Gasteiger partial charge in [0, 0.05) is 16.3 Å². The number of amides is 1. The highest BCUT2D eigenvalue weighted by Crippen LogP contribution is 2.32. The fraction of sp³-hybridized carbons (Fsp3) is 0.300. The monoisotopic (exact) mass is 287 g/mol. The Labute approximate surface area is 91.1 Å². The molecular formula is C10H10INO. The van der Waals surface area contributed by atoms with Crippen molar-refractivity contribution in [3.63, 3.8) is 0 Å². The van der Waals surface area contributed by atoms with Gasteiger partial charge in [0.25, 0.3) is 0 Å². The van der Waals surface area contributed by atoms with Gasteiger partial charge in [0.05, 0.1) is 6.42 Å². The zero-order valence-corrected chi connectivity index (χ0v) is 9.75. The Balaban J connectivity index is 2.64. The van der Waals surface area contributed by atoms with E-state index < -0.39 is 0 Å². The van der Waals surface area contributed by atoms with Gasteiger partial charge in [-0.15, -0.1) is 0 Å². The molecular weight excluding hydrogens is 277 g/mol. The highest BCUT2D eigenvalue weighted by Gasteiger charge is 2.25. The second-order valence-electron chi connectivity index (χ2n) is 3.36. The number of fused-ring (bicyclic) bond motifs is 1. The van der Waals surface area contributed by atoms with E-state index in [1.165, 1.54) is 9.13 Å². The maximum Gasteiger partial charge on any atom is 0.231 e. The molecule has 1 heterocycles. The van der Waals surface area contributed by atoms with Gasteiger partial charge in [0.1, 0.15) is 0 Å². The Bertz CT molecular complexity index is 387. The van der Waals surface area contributed by atoms with E-state index in [0.29, 0.717) is 6.42 Å². The highest BCUT2D eigenvalue weighted by atomic mass is 127. The first kappa shape index (κ1) is 8.99. The molecule has 2 nitrogen and oxygen atoms in total. The summed E-state index contributed by atoms with van der Waals surface area (Å²) in [7, 11) is 1.84. The molecule has 0 saturated carbocycles. The molecule has 1 aliphatic rings. The Kier molecular flexibility index (Phi) is 2.06. The second-order valence-corrected chi connectivity index (χ2v) is 4.61. The summed E-state index contributed by atoms with van der Waals surface area (Å²) in [6.07, 6.45) is 0.559. The van der Waals surface area contributed by atoms with Gasteiger partial charge in [-0.1, -0.05) is 0 Å². The molecule has 0 aromatic heterocycles. The SMILES string of the molecule is Cc1cc(I)cc2c1N(C)C(=O)C2. The van der Waals surface area contributed by atoms with Crippen LogP contribution in [0.25, 0.3) is 0 Å². The lowest BCUT2D eigenvalue weighted by Crippen LogP contribution is -2.21. The fourth-order valence-electron chi connectivity index (χ4n) is 1.83. The van der Waals surface area contributed by atoms with Gasteiger partial charge in [0.15, 0.2) is 0 Å². The van der Waals surface area contributed by atoms with Crippen LogP contribution >= 0.6 is 22.6 Å². The molecule has 1 aromatic carbocycles. The predicted molar refractivity (Wildman–Crippen MR) is 61.0 cm³/mol. The molecule has 0 radical (unpaired) electrons. The lowest BCUT2D eigenvalue weighted by atomic mass is 10.1. The third-order valence-corrected chi connectivity index (χ3v) is 3.02. The number of hydrogen-bond acceptors (Lipinski definition) is 1. The Morgan fingerprint density at radius 2 is 2.15 bits per heavy atom. The molecule has 0 N–H and O–H groups in total. The van der Waals surface area contributed by atoms with Crippen molar-refractivity contribution in [2.75, 3.05) is 11.9 Å². The van der Waals surface area contributed by atoms with Crippen molar-refractivity contribution < 1.29 is 4.79 Å². The summed E-state index contributed by atoms with van der Waals surface area (Å²) < 4.78 is 1.21. The average molecular weight is 287 g/mol. The molecule has 1 aliphatic heterocycles. The van der Waals surface area contributed by atoms with Crippen molar-refractivity contribution in [1.29, 1.82) is 0 Å². The lowest BCUT2D eigenvalue weighted by Gasteiger charge is -2.13. The van der Waals surface area contributed by atoms with Crippen LogP contribution in [-0.2, 0) is 11.2 Å². The van der Waals surface area contributed by atoms with Crippen LogP contribution in [-0.4, -0.2) is 13.0 Å². The first-order valence-corrected chi connectivity index (χ1v) is 5.23. The number of carbonyl (C=O) groups excluding carboxylic acids is 1. The number of carbonyl (C=O) groups is 1. The van der Waals surface area contributed by atoms with Crippen LogP contribution in [0.3, 0.4) is 0 Å². The number of aryl methyl sites for hydroxylation is 1. The molecule has 2 rings (SSSR count). The number of anilines is 1. The molecule has 68 valence electrons. The van der Waals surface area contributed by atoms with Crippen LogP contribution < -0.4 is 4.90 Å². The Morgan fingerprint density at radius 3 is 2.85 bits per heavy atom. The van der Waals surface area contributed by atoms with Gasteiger partial charge in [-0.3, -0.25) is 4.79 Å². The van der Waals surface area contributed by atoms with Crippen molar-refractivity contribution >= 4 is 34.2 Å². The smallest absolute Gasteiger partial charge is 0.231 e. The van der Waals surface area contributed by atoms with Crippen molar-refractivity contribution in [3.05, 3.63) is 26.8 Å². The standard InChI is InChI=1S/C10H10INO/c1-6-3-8(11)4-7-5-9(13)12(2)10(6)7/h3-4H,5H2,1-2H3. The van der Waals surface area contributed by atoms with E-state index in [-0.39, 0.29) is 5.91 Å². The normalized spacial score (nSPS) is 15.0. The third-order valence-electron chi connectivity index (χ3n) is 2.40. The minimum Gasteiger partial charge on any atom is -0.315 e. The van der Waals surface area contributed by atoms with Crippen LogP contribution in [0.5, 0.6) is 0 Å². The van der Waals surface area contributed by atoms with Crippen molar-refractivity contribution in [2.24, 2.45) is 0 Å². The molecule has 0 aliphatic carbocycles. The van der Waals surface area contributed by atoms with Crippen LogP contribution in [0.1, 0.15) is 11.1 Å². The molecule has 0 atom stereocenters. The van der Waals surface area contributed by atoms with Gasteiger partial charge in [-0.25, -0.2) is 0 Å². The zero-order valence-electron chi connectivity index (χ0n) is 7.60. The van der Waals surface area contributed by atoms with E-state index >= 15 is 0 Å². The van der Waals surface area contributed by atoms with Gasteiger partial charge in [-0.2, -0.15) is 0 Å². The summed E-state index contributed by atoms with van der Waals surface area (Å²) in [5, 5.41) is 0. The molecule has 3 heteroatoms. The maximum absolute atomic E-state index is 11.4. The number of rotatable bonds is 0. The number of likely N-dealkylation sites (N-methyl/N-ethyl adjacent to an activating group) is 1. The average Bonchev–Trinajstić information content (AvgIpc) is 2.27. The minimum absolute atomic E-state index is 0.195. The first-order chi connectivity index (χ1) is 6.09. The Morgan fingerprint density at radius 1 is 1.46 bits per heavy atom. The molecule has 13 heavy (non-hydrogen) atoms. The minimum atomic E-state index is 0.195. The fourth-order valence-corrected chi connectivity index (χ4v) is 2.67. The molecule has 0 saturated heterocycles. The third kappa shape index (κ3) is 1.35.